The van der Waals surface area contributed by atoms with Crippen molar-refractivity contribution in [1.29, 1.82) is 0 Å². The smallest absolute Gasteiger partial charge is 0.435 e. The highest BCUT2D eigenvalue weighted by atomic mass is 19.4. The summed E-state index contributed by atoms with van der Waals surface area (Å²) in [6, 6.07) is 5.64. The Morgan fingerprint density at radius 1 is 1.17 bits per heavy atom. The lowest BCUT2D eigenvalue weighted by atomic mass is 10.1. The molecule has 1 aromatic heterocycles. The van der Waals surface area contributed by atoms with Gasteiger partial charge in [-0.15, -0.1) is 0 Å². The first kappa shape index (κ1) is 22.4. The number of nitrogens with zero attached hydrogens (tertiary/aromatic N) is 3. The normalized spacial score (nSPS) is 12.0. The molecule has 10 heteroatoms. The zero-order chi connectivity index (χ0) is 21.4. The predicted octanol–water partition coefficient (Wildman–Crippen LogP) is 2.75. The van der Waals surface area contributed by atoms with Gasteiger partial charge in [-0.25, -0.2) is 4.99 Å². The third-order valence-electron chi connectivity index (χ3n) is 4.08. The lowest BCUT2D eigenvalue weighted by molar-refractivity contribution is -0.142. The number of hydrogen-bond donors (Lipinski definition) is 2. The zero-order valence-electron chi connectivity index (χ0n) is 16.9. The molecule has 0 aliphatic carbocycles. The van der Waals surface area contributed by atoms with Gasteiger partial charge in [0, 0.05) is 31.9 Å². The number of aliphatic imine (C=N–C) groups is 1. The Kier molecular flexibility index (Phi) is 7.74. The quantitative estimate of drug-likeness (QED) is 0.514. The van der Waals surface area contributed by atoms with Crippen molar-refractivity contribution in [3.05, 3.63) is 41.2 Å². The van der Waals surface area contributed by atoms with E-state index in [-0.39, 0.29) is 12.1 Å². The monoisotopic (exact) mass is 413 g/mol. The maximum absolute atomic E-state index is 13.1. The van der Waals surface area contributed by atoms with Crippen LogP contribution in [-0.2, 0) is 26.2 Å². The van der Waals surface area contributed by atoms with Crippen molar-refractivity contribution in [2.24, 2.45) is 12.0 Å². The lowest BCUT2D eigenvalue weighted by Gasteiger charge is -2.13. The number of hydrogen-bond acceptors (Lipinski definition) is 4. The summed E-state index contributed by atoms with van der Waals surface area (Å²) in [5.41, 5.74) is 0.139. The van der Waals surface area contributed by atoms with Crippen LogP contribution < -0.4 is 20.1 Å². The standard InChI is InChI=1S/C19H26F3N5O2/c1-5-23-18(25-11-14-12-27(2)26-17(14)19(20,21)22)24-9-8-13-6-7-15(28-3)16(10-13)29-4/h6-7,10,12H,5,8-9,11H2,1-4H3,(H2,23,24,25). The van der Waals surface area contributed by atoms with Crippen LogP contribution in [0.25, 0.3) is 0 Å². The first-order chi connectivity index (χ1) is 13.8. The van der Waals surface area contributed by atoms with Crippen molar-refractivity contribution >= 4 is 5.96 Å². The van der Waals surface area contributed by atoms with Crippen molar-refractivity contribution in [2.45, 2.75) is 26.1 Å². The minimum Gasteiger partial charge on any atom is -0.493 e. The van der Waals surface area contributed by atoms with Crippen LogP contribution in [0.15, 0.2) is 29.4 Å². The Hall–Kier alpha value is -2.91. The number of ether oxygens (including phenoxy) is 2. The molecule has 2 aromatic rings. The number of alkyl halides is 3. The number of methoxy groups -OCH3 is 2. The fourth-order valence-electron chi connectivity index (χ4n) is 2.76. The molecule has 2 rings (SSSR count). The molecule has 0 saturated carbocycles. The summed E-state index contributed by atoms with van der Waals surface area (Å²) in [5, 5.41) is 9.66. The Balaban J connectivity index is 2.02. The lowest BCUT2D eigenvalue weighted by Crippen LogP contribution is -2.38. The highest BCUT2D eigenvalue weighted by Crippen LogP contribution is 2.31. The van der Waals surface area contributed by atoms with E-state index < -0.39 is 11.9 Å². The molecule has 160 valence electrons. The molecule has 0 fully saturated rings. The highest BCUT2D eigenvalue weighted by molar-refractivity contribution is 5.79. The van der Waals surface area contributed by atoms with Gasteiger partial charge in [0.15, 0.2) is 23.2 Å². The zero-order valence-corrected chi connectivity index (χ0v) is 16.9. The number of aryl methyl sites for hydroxylation is 1. The van der Waals surface area contributed by atoms with Crippen molar-refractivity contribution in [3.63, 3.8) is 0 Å². The number of benzene rings is 1. The number of guanidine groups is 1. The maximum Gasteiger partial charge on any atom is 0.435 e. The minimum atomic E-state index is -4.51. The maximum atomic E-state index is 13.1. The van der Waals surface area contributed by atoms with Crippen LogP contribution in [0.4, 0.5) is 13.2 Å². The topological polar surface area (TPSA) is 72.7 Å². The van der Waals surface area contributed by atoms with Crippen LogP contribution in [-0.4, -0.2) is 43.0 Å². The predicted molar refractivity (Wildman–Crippen MR) is 104 cm³/mol. The highest BCUT2D eigenvalue weighted by Gasteiger charge is 2.36. The van der Waals surface area contributed by atoms with Gasteiger partial charge in [-0.05, 0) is 31.0 Å². The molecule has 0 bridgehead atoms. The molecule has 1 aromatic carbocycles. The molecule has 0 aliphatic rings. The van der Waals surface area contributed by atoms with Crippen molar-refractivity contribution in [1.82, 2.24) is 20.4 Å². The molecule has 0 radical (unpaired) electrons. The van der Waals surface area contributed by atoms with Crippen LogP contribution in [0.1, 0.15) is 23.7 Å². The summed E-state index contributed by atoms with van der Waals surface area (Å²) >= 11 is 0. The van der Waals surface area contributed by atoms with Gasteiger partial charge in [0.2, 0.25) is 0 Å². The SMILES string of the molecule is CCNC(=NCc1cn(C)nc1C(F)(F)F)NCCc1ccc(OC)c(OC)c1. The molecular weight excluding hydrogens is 387 g/mol. The molecule has 0 unspecified atom stereocenters. The van der Waals surface area contributed by atoms with Crippen LogP contribution in [0, 0.1) is 0 Å². The van der Waals surface area contributed by atoms with E-state index in [9.17, 15) is 13.2 Å². The second-order valence-corrected chi connectivity index (χ2v) is 6.24. The molecule has 0 spiro atoms. The van der Waals surface area contributed by atoms with E-state index >= 15 is 0 Å². The molecule has 0 amide bonds. The molecule has 29 heavy (non-hydrogen) atoms. The van der Waals surface area contributed by atoms with Crippen LogP contribution in [0.5, 0.6) is 11.5 Å². The Bertz CT molecular complexity index is 834. The first-order valence-corrected chi connectivity index (χ1v) is 9.11. The van der Waals surface area contributed by atoms with Gasteiger partial charge in [0.05, 0.1) is 20.8 Å². The molecule has 2 N–H and O–H groups in total. The van der Waals surface area contributed by atoms with Gasteiger partial charge in [0.1, 0.15) is 0 Å². The number of rotatable bonds is 8. The number of aromatic nitrogens is 2. The van der Waals surface area contributed by atoms with Crippen molar-refractivity contribution < 1.29 is 22.6 Å². The fourth-order valence-corrected chi connectivity index (χ4v) is 2.76. The van der Waals surface area contributed by atoms with Crippen molar-refractivity contribution in [3.8, 4) is 11.5 Å². The van der Waals surface area contributed by atoms with Crippen LogP contribution in [0.3, 0.4) is 0 Å². The number of nitrogens with one attached hydrogen (secondary N) is 2. The largest absolute Gasteiger partial charge is 0.493 e. The van der Waals surface area contributed by atoms with Gasteiger partial charge in [-0.2, -0.15) is 18.3 Å². The minimum absolute atomic E-state index is 0.0251. The molecule has 7 nitrogen and oxygen atoms in total. The third-order valence-corrected chi connectivity index (χ3v) is 4.08. The molecule has 0 saturated heterocycles. The summed E-state index contributed by atoms with van der Waals surface area (Å²) in [6.45, 7) is 2.88. The second-order valence-electron chi connectivity index (χ2n) is 6.24. The van der Waals surface area contributed by atoms with Gasteiger partial charge in [-0.1, -0.05) is 6.07 Å². The second kappa shape index (κ2) is 10.0. The van der Waals surface area contributed by atoms with E-state index in [1.807, 2.05) is 25.1 Å². The van der Waals surface area contributed by atoms with E-state index in [2.05, 4.69) is 20.7 Å². The number of halogens is 3. The molecule has 1 heterocycles. The van der Waals surface area contributed by atoms with E-state index in [0.717, 1.165) is 10.2 Å². The van der Waals surface area contributed by atoms with E-state index in [4.69, 9.17) is 9.47 Å². The Labute approximate surface area is 167 Å². The van der Waals surface area contributed by atoms with Gasteiger partial charge >= 0.3 is 6.18 Å². The van der Waals surface area contributed by atoms with Gasteiger partial charge in [-0.3, -0.25) is 4.68 Å². The average molecular weight is 413 g/mol. The summed E-state index contributed by atoms with van der Waals surface area (Å²) in [7, 11) is 4.60. The fraction of sp³-hybridized carbons (Fsp3) is 0.474. The third kappa shape index (κ3) is 6.30. The van der Waals surface area contributed by atoms with E-state index in [0.29, 0.717) is 37.0 Å². The summed E-state index contributed by atoms with van der Waals surface area (Å²) in [6.07, 6.45) is -2.50. The van der Waals surface area contributed by atoms with Gasteiger partial charge in [0.25, 0.3) is 0 Å². The Morgan fingerprint density at radius 2 is 1.90 bits per heavy atom. The average Bonchev–Trinajstić information content (AvgIpc) is 3.07. The Morgan fingerprint density at radius 3 is 2.52 bits per heavy atom. The first-order valence-electron chi connectivity index (χ1n) is 9.11. The van der Waals surface area contributed by atoms with Crippen LogP contribution >= 0.6 is 0 Å². The summed E-state index contributed by atoms with van der Waals surface area (Å²) < 4.78 is 50.8. The molecule has 0 atom stereocenters. The van der Waals surface area contributed by atoms with Crippen molar-refractivity contribution in [2.75, 3.05) is 27.3 Å². The summed E-state index contributed by atoms with van der Waals surface area (Å²) in [5.74, 6) is 1.72. The van der Waals surface area contributed by atoms with E-state index in [1.165, 1.54) is 13.2 Å². The summed E-state index contributed by atoms with van der Waals surface area (Å²) in [4.78, 5) is 4.26. The molecular formula is C19H26F3N5O2. The van der Waals surface area contributed by atoms with Gasteiger partial charge < -0.3 is 20.1 Å². The van der Waals surface area contributed by atoms with E-state index in [1.54, 1.807) is 14.2 Å². The molecule has 0 aliphatic heterocycles. The van der Waals surface area contributed by atoms with Crippen LogP contribution in [0.2, 0.25) is 0 Å².